The summed E-state index contributed by atoms with van der Waals surface area (Å²) in [5, 5.41) is 1.33. The van der Waals surface area contributed by atoms with Crippen LogP contribution in [0.1, 0.15) is 11.1 Å². The van der Waals surface area contributed by atoms with E-state index in [1.807, 2.05) is 6.20 Å². The standard InChI is InChI=1S/C14H11N3/c1-2-4-12-10(3-1)11-6-5-9-7-15-8-16-13(9)14(11)17-12/h1-4,7-8,17H,5-6H2. The van der Waals surface area contributed by atoms with Gasteiger partial charge in [-0.1, -0.05) is 18.2 Å². The van der Waals surface area contributed by atoms with Gasteiger partial charge < -0.3 is 4.98 Å². The number of rotatable bonds is 0. The number of nitrogens with one attached hydrogen (secondary N) is 1. The Morgan fingerprint density at radius 1 is 1.12 bits per heavy atom. The van der Waals surface area contributed by atoms with Gasteiger partial charge in [-0.05, 0) is 30.0 Å². The Morgan fingerprint density at radius 3 is 3.06 bits per heavy atom. The van der Waals surface area contributed by atoms with Gasteiger partial charge in [0.1, 0.15) is 6.33 Å². The third kappa shape index (κ3) is 1.16. The average molecular weight is 221 g/mol. The molecule has 0 saturated carbocycles. The maximum atomic E-state index is 4.41. The Balaban J connectivity index is 2.10. The number of fused-ring (bicyclic) bond motifs is 5. The summed E-state index contributed by atoms with van der Waals surface area (Å²) in [5.74, 6) is 0. The zero-order valence-electron chi connectivity index (χ0n) is 9.27. The van der Waals surface area contributed by atoms with E-state index < -0.39 is 0 Å². The second kappa shape index (κ2) is 3.17. The smallest absolute Gasteiger partial charge is 0.116 e. The molecule has 1 aromatic carbocycles. The summed E-state index contributed by atoms with van der Waals surface area (Å²) in [6.07, 6.45) is 5.65. The minimum Gasteiger partial charge on any atom is -0.353 e. The third-order valence-electron chi connectivity index (χ3n) is 3.48. The molecule has 0 saturated heterocycles. The molecule has 0 unspecified atom stereocenters. The van der Waals surface area contributed by atoms with Crippen molar-refractivity contribution in [2.75, 3.05) is 0 Å². The Morgan fingerprint density at radius 2 is 2.06 bits per heavy atom. The Labute approximate surface area is 98.5 Å². The first kappa shape index (κ1) is 8.93. The van der Waals surface area contributed by atoms with Crippen molar-refractivity contribution in [1.29, 1.82) is 0 Å². The van der Waals surface area contributed by atoms with Gasteiger partial charge in [-0.3, -0.25) is 0 Å². The van der Waals surface area contributed by atoms with Gasteiger partial charge in [0.05, 0.1) is 11.4 Å². The summed E-state index contributed by atoms with van der Waals surface area (Å²) in [6, 6.07) is 8.45. The predicted octanol–water partition coefficient (Wildman–Crippen LogP) is 2.72. The topological polar surface area (TPSA) is 41.6 Å². The van der Waals surface area contributed by atoms with Crippen LogP contribution in [0.4, 0.5) is 0 Å². The summed E-state index contributed by atoms with van der Waals surface area (Å²) < 4.78 is 0. The van der Waals surface area contributed by atoms with E-state index in [2.05, 4.69) is 39.2 Å². The molecule has 1 aliphatic rings. The first-order valence-electron chi connectivity index (χ1n) is 5.82. The van der Waals surface area contributed by atoms with Crippen molar-refractivity contribution < 1.29 is 0 Å². The summed E-state index contributed by atoms with van der Waals surface area (Å²) in [6.45, 7) is 0. The van der Waals surface area contributed by atoms with E-state index in [-0.39, 0.29) is 0 Å². The van der Waals surface area contributed by atoms with Gasteiger partial charge in [-0.25, -0.2) is 9.97 Å². The SMILES string of the molecule is c1ccc2c3c([nH]c2c1)-c1ncncc1CC3. The summed E-state index contributed by atoms with van der Waals surface area (Å²) in [4.78, 5) is 12.0. The number of benzene rings is 1. The van der Waals surface area contributed by atoms with Crippen LogP contribution in [0.5, 0.6) is 0 Å². The summed E-state index contributed by atoms with van der Waals surface area (Å²) in [5.41, 5.74) is 6.08. The van der Waals surface area contributed by atoms with E-state index in [4.69, 9.17) is 0 Å². The molecule has 0 aliphatic heterocycles. The molecule has 0 radical (unpaired) electrons. The largest absolute Gasteiger partial charge is 0.353 e. The van der Waals surface area contributed by atoms with Gasteiger partial charge in [-0.2, -0.15) is 0 Å². The number of hydrogen-bond acceptors (Lipinski definition) is 2. The number of nitrogens with zero attached hydrogens (tertiary/aromatic N) is 2. The molecule has 3 heteroatoms. The highest BCUT2D eigenvalue weighted by Crippen LogP contribution is 2.35. The molecular formula is C14H11N3. The number of hydrogen-bond donors (Lipinski definition) is 1. The second-order valence-corrected chi connectivity index (χ2v) is 4.42. The lowest BCUT2D eigenvalue weighted by molar-refractivity contribution is 0.913. The Kier molecular flexibility index (Phi) is 1.66. The first-order valence-corrected chi connectivity index (χ1v) is 5.82. The van der Waals surface area contributed by atoms with Gasteiger partial charge in [-0.15, -0.1) is 0 Å². The molecule has 0 fully saturated rings. The Bertz CT molecular complexity index is 712. The molecule has 17 heavy (non-hydrogen) atoms. The average Bonchev–Trinajstić information content (AvgIpc) is 2.78. The first-order chi connectivity index (χ1) is 8.43. The highest BCUT2D eigenvalue weighted by atomic mass is 14.9. The van der Waals surface area contributed by atoms with Crippen LogP contribution in [0.25, 0.3) is 22.3 Å². The molecule has 3 aromatic rings. The van der Waals surface area contributed by atoms with E-state index in [9.17, 15) is 0 Å². The van der Waals surface area contributed by atoms with Crippen molar-refractivity contribution in [1.82, 2.24) is 15.0 Å². The quantitative estimate of drug-likeness (QED) is 0.634. The molecule has 0 spiro atoms. The van der Waals surface area contributed by atoms with Crippen LogP contribution >= 0.6 is 0 Å². The lowest BCUT2D eigenvalue weighted by Gasteiger charge is -2.14. The third-order valence-corrected chi connectivity index (χ3v) is 3.48. The van der Waals surface area contributed by atoms with Gasteiger partial charge in [0, 0.05) is 17.1 Å². The molecular weight excluding hydrogens is 210 g/mol. The minimum absolute atomic E-state index is 1.03. The van der Waals surface area contributed by atoms with Crippen LogP contribution < -0.4 is 0 Å². The van der Waals surface area contributed by atoms with Crippen LogP contribution in [0, 0.1) is 0 Å². The van der Waals surface area contributed by atoms with E-state index in [0.29, 0.717) is 0 Å². The molecule has 0 amide bonds. The van der Waals surface area contributed by atoms with E-state index in [1.165, 1.54) is 27.7 Å². The monoisotopic (exact) mass is 221 g/mol. The van der Waals surface area contributed by atoms with Gasteiger partial charge in [0.15, 0.2) is 0 Å². The number of aryl methyl sites for hydroxylation is 2. The van der Waals surface area contributed by atoms with E-state index in [0.717, 1.165) is 18.5 Å². The van der Waals surface area contributed by atoms with Gasteiger partial charge in [0.25, 0.3) is 0 Å². The molecule has 0 atom stereocenters. The summed E-state index contributed by atoms with van der Waals surface area (Å²) >= 11 is 0. The maximum Gasteiger partial charge on any atom is 0.116 e. The molecule has 2 heterocycles. The fourth-order valence-corrected chi connectivity index (χ4v) is 2.69. The van der Waals surface area contributed by atoms with Crippen LogP contribution in [0.15, 0.2) is 36.8 Å². The highest BCUT2D eigenvalue weighted by Gasteiger charge is 2.21. The van der Waals surface area contributed by atoms with Crippen molar-refractivity contribution in [3.05, 3.63) is 47.9 Å². The number of para-hydroxylation sites is 1. The van der Waals surface area contributed by atoms with Crippen LogP contribution in [0.2, 0.25) is 0 Å². The predicted molar refractivity (Wildman–Crippen MR) is 66.7 cm³/mol. The fraction of sp³-hybridized carbons (Fsp3) is 0.143. The molecule has 3 nitrogen and oxygen atoms in total. The fourth-order valence-electron chi connectivity index (χ4n) is 2.69. The normalized spacial score (nSPS) is 13.4. The lowest BCUT2D eigenvalue weighted by Crippen LogP contribution is -2.05. The molecule has 4 rings (SSSR count). The number of aromatic amines is 1. The minimum atomic E-state index is 1.03. The van der Waals surface area contributed by atoms with Crippen LogP contribution in [-0.2, 0) is 12.8 Å². The van der Waals surface area contributed by atoms with Crippen molar-refractivity contribution in [2.45, 2.75) is 12.8 Å². The summed E-state index contributed by atoms with van der Waals surface area (Å²) in [7, 11) is 0. The van der Waals surface area contributed by atoms with Crippen molar-refractivity contribution in [3.8, 4) is 11.4 Å². The highest BCUT2D eigenvalue weighted by molar-refractivity contribution is 5.91. The number of aromatic nitrogens is 3. The van der Waals surface area contributed by atoms with Crippen molar-refractivity contribution in [2.24, 2.45) is 0 Å². The lowest BCUT2D eigenvalue weighted by atomic mass is 9.93. The van der Waals surface area contributed by atoms with Crippen LogP contribution in [0.3, 0.4) is 0 Å². The number of H-pyrrole nitrogens is 1. The van der Waals surface area contributed by atoms with Crippen molar-refractivity contribution in [3.63, 3.8) is 0 Å². The second-order valence-electron chi connectivity index (χ2n) is 4.42. The molecule has 2 aromatic heterocycles. The van der Waals surface area contributed by atoms with Crippen molar-refractivity contribution >= 4 is 10.9 Å². The van der Waals surface area contributed by atoms with Gasteiger partial charge in [0.2, 0.25) is 0 Å². The molecule has 0 bridgehead atoms. The zero-order valence-corrected chi connectivity index (χ0v) is 9.27. The van der Waals surface area contributed by atoms with Gasteiger partial charge >= 0.3 is 0 Å². The Hall–Kier alpha value is -2.16. The van der Waals surface area contributed by atoms with E-state index >= 15 is 0 Å². The molecule has 82 valence electrons. The molecule has 1 aliphatic carbocycles. The van der Waals surface area contributed by atoms with Crippen LogP contribution in [-0.4, -0.2) is 15.0 Å². The zero-order chi connectivity index (χ0) is 11.2. The molecule has 1 N–H and O–H groups in total. The maximum absolute atomic E-state index is 4.41. The van der Waals surface area contributed by atoms with E-state index in [1.54, 1.807) is 6.33 Å².